The number of halogens is 1. The number of fused-ring (bicyclic) bond motifs is 1. The summed E-state index contributed by atoms with van der Waals surface area (Å²) in [5, 5.41) is 13.9. The summed E-state index contributed by atoms with van der Waals surface area (Å²) in [6.07, 6.45) is 1.03. The van der Waals surface area contributed by atoms with Gasteiger partial charge in [0.25, 0.3) is 15.9 Å². The molecule has 13 nitrogen and oxygen atoms in total. The molecule has 1 amide bonds. The van der Waals surface area contributed by atoms with Crippen LogP contribution in [0.25, 0.3) is 0 Å². The Kier molecular flexibility index (Phi) is 12.5. The number of benzene rings is 2. The predicted molar refractivity (Wildman–Crippen MR) is 180 cm³/mol. The molecule has 49 heavy (non-hydrogen) atoms. The molecule has 4 rings (SSSR count). The molecule has 1 aliphatic rings. The zero-order chi connectivity index (χ0) is 36.1. The first kappa shape index (κ1) is 38.2. The lowest BCUT2D eigenvalue weighted by atomic mass is 10.0. The molecule has 2 heterocycles. The standard InChI is InChI=1S/C33H45FN4O9S2/c1-21-18-38(22(2)20-39)33(40)29-17-27(36-48(41,42)32-24(4)35-47-25(32)5)12-15-30(29)46-23(3)9-7-8-16-45-31(21)19-37(6)49(43,44)28-13-10-26(34)11-14-28/h10-15,17,21-23,31,36,39H,7-9,16,18-20H2,1-6H3/t21-,22-,23+,31-/m1/s1. The molecule has 0 unspecified atom stereocenters. The number of anilines is 1. The number of nitrogens with zero attached hydrogens (tertiary/aromatic N) is 3. The van der Waals surface area contributed by atoms with Gasteiger partial charge in [0.05, 0.1) is 35.3 Å². The number of carbonyl (C=O) groups excluding carboxylic acids is 1. The molecular weight excluding hydrogens is 680 g/mol. The van der Waals surface area contributed by atoms with Crippen molar-refractivity contribution in [2.75, 3.05) is 38.1 Å². The zero-order valence-electron chi connectivity index (χ0n) is 28.5. The summed E-state index contributed by atoms with van der Waals surface area (Å²) in [6.45, 7) is 8.31. The molecule has 16 heteroatoms. The molecular formula is C33H45FN4O9S2. The second kappa shape index (κ2) is 16.0. The summed E-state index contributed by atoms with van der Waals surface area (Å²) >= 11 is 0. The number of sulfonamides is 2. The van der Waals surface area contributed by atoms with Crippen LogP contribution in [0.15, 0.2) is 56.8 Å². The number of aromatic nitrogens is 1. The predicted octanol–water partition coefficient (Wildman–Crippen LogP) is 4.35. The molecule has 0 saturated heterocycles. The van der Waals surface area contributed by atoms with E-state index in [2.05, 4.69) is 9.88 Å². The fourth-order valence-corrected chi connectivity index (χ4v) is 8.22. The van der Waals surface area contributed by atoms with Crippen molar-refractivity contribution >= 4 is 31.6 Å². The van der Waals surface area contributed by atoms with Crippen LogP contribution in [0.5, 0.6) is 5.75 Å². The van der Waals surface area contributed by atoms with Crippen molar-refractivity contribution in [1.29, 1.82) is 0 Å². The van der Waals surface area contributed by atoms with Gasteiger partial charge in [-0.25, -0.2) is 21.2 Å². The second-order valence-electron chi connectivity index (χ2n) is 12.5. The van der Waals surface area contributed by atoms with Crippen LogP contribution in [-0.2, 0) is 24.8 Å². The lowest BCUT2D eigenvalue weighted by Crippen LogP contribution is -2.48. The minimum Gasteiger partial charge on any atom is -0.490 e. The number of likely N-dealkylation sites (N-methyl/N-ethyl adjacent to an activating group) is 1. The van der Waals surface area contributed by atoms with Gasteiger partial charge in [0.2, 0.25) is 10.0 Å². The second-order valence-corrected chi connectivity index (χ2v) is 16.2. The Bertz CT molecular complexity index is 1800. The maximum absolute atomic E-state index is 14.4. The van der Waals surface area contributed by atoms with Gasteiger partial charge in [-0.15, -0.1) is 0 Å². The van der Waals surface area contributed by atoms with Crippen LogP contribution in [-0.4, -0.2) is 93.8 Å². The molecule has 2 N–H and O–H groups in total. The summed E-state index contributed by atoms with van der Waals surface area (Å²) < 4.78 is 88.0. The van der Waals surface area contributed by atoms with Gasteiger partial charge in [0.1, 0.15) is 17.3 Å². The quantitative estimate of drug-likeness (QED) is 0.324. The van der Waals surface area contributed by atoms with Gasteiger partial charge in [0, 0.05) is 38.3 Å². The van der Waals surface area contributed by atoms with Crippen molar-refractivity contribution in [3.05, 3.63) is 65.3 Å². The molecule has 0 fully saturated rings. The van der Waals surface area contributed by atoms with E-state index in [0.29, 0.717) is 19.4 Å². The maximum atomic E-state index is 14.4. The van der Waals surface area contributed by atoms with Crippen LogP contribution in [0.1, 0.15) is 61.8 Å². The van der Waals surface area contributed by atoms with Crippen LogP contribution < -0.4 is 9.46 Å². The third-order valence-corrected chi connectivity index (χ3v) is 12.0. The van der Waals surface area contributed by atoms with E-state index in [-0.39, 0.29) is 64.0 Å². The largest absolute Gasteiger partial charge is 0.490 e. The van der Waals surface area contributed by atoms with E-state index in [1.165, 1.54) is 56.1 Å². The number of aliphatic hydroxyl groups excluding tert-OH is 1. The van der Waals surface area contributed by atoms with Crippen molar-refractivity contribution in [3.63, 3.8) is 0 Å². The monoisotopic (exact) mass is 724 g/mol. The number of aryl methyl sites for hydroxylation is 2. The SMILES string of the molecule is Cc1noc(C)c1S(=O)(=O)Nc1ccc2c(c1)C(=O)N([C@H](C)CO)C[C@@H](C)[C@@H](CN(C)S(=O)(=O)c1ccc(F)cc1)OCCCC[C@H](C)O2. The Morgan fingerprint density at radius 1 is 1.10 bits per heavy atom. The molecule has 3 aromatic rings. The van der Waals surface area contributed by atoms with Gasteiger partial charge in [0.15, 0.2) is 10.7 Å². The van der Waals surface area contributed by atoms with Crippen LogP contribution >= 0.6 is 0 Å². The lowest BCUT2D eigenvalue weighted by Gasteiger charge is -2.35. The zero-order valence-corrected chi connectivity index (χ0v) is 30.2. The molecule has 270 valence electrons. The highest BCUT2D eigenvalue weighted by Crippen LogP contribution is 2.30. The van der Waals surface area contributed by atoms with Crippen molar-refractivity contribution in [3.8, 4) is 5.75 Å². The van der Waals surface area contributed by atoms with Gasteiger partial charge in [-0.2, -0.15) is 4.31 Å². The molecule has 0 aliphatic carbocycles. The normalized spacial score (nSPS) is 20.7. The van der Waals surface area contributed by atoms with E-state index in [1.807, 2.05) is 13.8 Å². The van der Waals surface area contributed by atoms with E-state index in [1.54, 1.807) is 6.92 Å². The summed E-state index contributed by atoms with van der Waals surface area (Å²) in [5.41, 5.74) is 0.355. The van der Waals surface area contributed by atoms with Crippen LogP contribution in [0.2, 0.25) is 0 Å². The highest BCUT2D eigenvalue weighted by molar-refractivity contribution is 7.92. The Morgan fingerprint density at radius 2 is 1.80 bits per heavy atom. The van der Waals surface area contributed by atoms with Crippen LogP contribution in [0.3, 0.4) is 0 Å². The topological polar surface area (TPSA) is 169 Å². The van der Waals surface area contributed by atoms with E-state index >= 15 is 0 Å². The number of hydrogen-bond acceptors (Lipinski definition) is 10. The number of amides is 1. The highest BCUT2D eigenvalue weighted by atomic mass is 32.2. The van der Waals surface area contributed by atoms with Crippen molar-refractivity contribution in [2.24, 2.45) is 5.92 Å². The summed E-state index contributed by atoms with van der Waals surface area (Å²) in [7, 11) is -6.71. The number of rotatable bonds is 9. The Morgan fingerprint density at radius 3 is 2.43 bits per heavy atom. The summed E-state index contributed by atoms with van der Waals surface area (Å²) in [4.78, 5) is 15.6. The summed E-state index contributed by atoms with van der Waals surface area (Å²) in [6, 6.07) is 8.31. The van der Waals surface area contributed by atoms with E-state index in [9.17, 15) is 31.1 Å². The fourth-order valence-electron chi connectivity index (χ4n) is 5.65. The Hall–Kier alpha value is -3.57. The third kappa shape index (κ3) is 9.16. The van der Waals surface area contributed by atoms with Gasteiger partial charge in [-0.05, 0) is 89.4 Å². The molecule has 1 aliphatic heterocycles. The van der Waals surface area contributed by atoms with Gasteiger partial charge in [-0.1, -0.05) is 12.1 Å². The fraction of sp³-hybridized carbons (Fsp3) is 0.515. The smallest absolute Gasteiger partial charge is 0.267 e. The number of ether oxygens (including phenoxy) is 2. The number of carbonyl (C=O) groups is 1. The number of hydrogen-bond donors (Lipinski definition) is 2. The number of nitrogens with one attached hydrogen (secondary N) is 1. The van der Waals surface area contributed by atoms with Crippen molar-refractivity contribution in [2.45, 2.75) is 81.9 Å². The Labute approximate surface area is 287 Å². The molecule has 1 aromatic heterocycles. The first-order valence-corrected chi connectivity index (χ1v) is 19.0. The number of aliphatic hydroxyl groups is 1. The van der Waals surface area contributed by atoms with E-state index in [0.717, 1.165) is 22.9 Å². The average Bonchev–Trinajstić information content (AvgIpc) is 3.40. The van der Waals surface area contributed by atoms with Gasteiger partial charge < -0.3 is 24.0 Å². The highest BCUT2D eigenvalue weighted by Gasteiger charge is 2.33. The lowest BCUT2D eigenvalue weighted by molar-refractivity contribution is -0.00834. The van der Waals surface area contributed by atoms with Gasteiger partial charge in [-0.3, -0.25) is 9.52 Å². The average molecular weight is 725 g/mol. The first-order chi connectivity index (χ1) is 23.0. The maximum Gasteiger partial charge on any atom is 0.267 e. The van der Waals surface area contributed by atoms with E-state index in [4.69, 9.17) is 14.0 Å². The molecule has 0 saturated carbocycles. The summed E-state index contributed by atoms with van der Waals surface area (Å²) in [5.74, 6) is -1.16. The van der Waals surface area contributed by atoms with Crippen LogP contribution in [0.4, 0.5) is 10.1 Å². The first-order valence-electron chi connectivity index (χ1n) is 16.1. The third-order valence-electron chi connectivity index (χ3n) is 8.50. The van der Waals surface area contributed by atoms with Crippen LogP contribution in [0, 0.1) is 25.6 Å². The molecule has 4 atom stereocenters. The van der Waals surface area contributed by atoms with Gasteiger partial charge >= 0.3 is 0 Å². The minimum atomic E-state index is -4.13. The molecule has 0 radical (unpaired) electrons. The minimum absolute atomic E-state index is 0.0552. The Balaban J connectivity index is 1.69. The van der Waals surface area contributed by atoms with E-state index < -0.39 is 49.8 Å². The van der Waals surface area contributed by atoms with Crippen molar-refractivity contribution in [1.82, 2.24) is 14.4 Å². The van der Waals surface area contributed by atoms with Crippen molar-refractivity contribution < 1.29 is 45.1 Å². The molecule has 0 spiro atoms. The molecule has 2 aromatic carbocycles. The molecule has 0 bridgehead atoms.